The Bertz CT molecular complexity index is 308. The minimum Gasteiger partial charge on any atom is -0.355 e. The average molecular weight is 266 g/mol. The Kier molecular flexibility index (Phi) is 4.88. The first-order chi connectivity index (χ1) is 9.01. The number of rotatable bonds is 5. The zero-order valence-corrected chi connectivity index (χ0v) is 12.6. The van der Waals surface area contributed by atoms with Crippen molar-refractivity contribution in [2.45, 2.75) is 71.3 Å². The maximum absolute atomic E-state index is 12.2. The summed E-state index contributed by atoms with van der Waals surface area (Å²) < 4.78 is 0. The lowest BCUT2D eigenvalue weighted by molar-refractivity contribution is -0.125. The molecule has 2 fully saturated rings. The third kappa shape index (κ3) is 3.95. The number of nitrogens with one attached hydrogen (secondary N) is 1. The maximum atomic E-state index is 12.2. The van der Waals surface area contributed by atoms with Crippen LogP contribution < -0.4 is 11.1 Å². The molecule has 2 saturated carbocycles. The summed E-state index contributed by atoms with van der Waals surface area (Å²) in [4.78, 5) is 12.2. The number of hydrogen-bond donors (Lipinski definition) is 2. The first kappa shape index (κ1) is 14.8. The van der Waals surface area contributed by atoms with Crippen LogP contribution in [0.1, 0.15) is 65.2 Å². The predicted octanol–water partition coefficient (Wildman–Crippen LogP) is 2.84. The van der Waals surface area contributed by atoms with Crippen molar-refractivity contribution in [3.63, 3.8) is 0 Å². The largest absolute Gasteiger partial charge is 0.355 e. The van der Waals surface area contributed by atoms with Crippen molar-refractivity contribution in [3.8, 4) is 0 Å². The minimum absolute atomic E-state index is 0.174. The summed E-state index contributed by atoms with van der Waals surface area (Å²) in [5.41, 5.74) is 6.27. The van der Waals surface area contributed by atoms with Crippen LogP contribution in [0.2, 0.25) is 0 Å². The van der Waals surface area contributed by atoms with Gasteiger partial charge in [0.25, 0.3) is 0 Å². The van der Waals surface area contributed by atoms with Gasteiger partial charge in [-0.2, -0.15) is 0 Å². The van der Waals surface area contributed by atoms with E-state index in [0.29, 0.717) is 5.41 Å². The topological polar surface area (TPSA) is 55.1 Å². The van der Waals surface area contributed by atoms with Gasteiger partial charge < -0.3 is 11.1 Å². The van der Waals surface area contributed by atoms with E-state index in [1.54, 1.807) is 0 Å². The zero-order valence-electron chi connectivity index (χ0n) is 12.6. The molecule has 0 heterocycles. The van der Waals surface area contributed by atoms with Crippen LogP contribution in [0, 0.1) is 17.3 Å². The van der Waals surface area contributed by atoms with Crippen molar-refractivity contribution < 1.29 is 4.79 Å². The second-order valence-electron chi connectivity index (χ2n) is 7.29. The molecule has 0 spiro atoms. The third-order valence-electron chi connectivity index (χ3n) is 4.99. The highest BCUT2D eigenvalue weighted by molar-refractivity contribution is 5.79. The summed E-state index contributed by atoms with van der Waals surface area (Å²) in [6, 6.07) is 0.242. The van der Waals surface area contributed by atoms with Gasteiger partial charge in [0.05, 0.1) is 0 Å². The second kappa shape index (κ2) is 6.25. The van der Waals surface area contributed by atoms with E-state index in [9.17, 15) is 4.79 Å². The van der Waals surface area contributed by atoms with Gasteiger partial charge in [0.2, 0.25) is 5.91 Å². The Morgan fingerprint density at radius 2 is 2.00 bits per heavy atom. The summed E-state index contributed by atoms with van der Waals surface area (Å²) in [7, 11) is 0. The van der Waals surface area contributed by atoms with Crippen LogP contribution in [0.5, 0.6) is 0 Å². The molecule has 19 heavy (non-hydrogen) atoms. The summed E-state index contributed by atoms with van der Waals surface area (Å²) in [6.07, 6.45) is 9.35. The SMILES string of the molecule is CC(C)CC1(CNC(=O)C2CCC(N)C2)CCCC1. The molecule has 0 aliphatic heterocycles. The summed E-state index contributed by atoms with van der Waals surface area (Å²) >= 11 is 0. The van der Waals surface area contributed by atoms with Gasteiger partial charge >= 0.3 is 0 Å². The maximum Gasteiger partial charge on any atom is 0.223 e. The Hall–Kier alpha value is -0.570. The van der Waals surface area contributed by atoms with Gasteiger partial charge in [-0.15, -0.1) is 0 Å². The molecule has 2 unspecified atom stereocenters. The van der Waals surface area contributed by atoms with E-state index >= 15 is 0 Å². The summed E-state index contributed by atoms with van der Waals surface area (Å²) in [6.45, 7) is 5.46. The summed E-state index contributed by atoms with van der Waals surface area (Å²) in [5, 5.41) is 3.24. The molecule has 1 amide bonds. The molecule has 0 bridgehead atoms. The fraction of sp³-hybridized carbons (Fsp3) is 0.938. The molecule has 0 radical (unpaired) electrons. The first-order valence-electron chi connectivity index (χ1n) is 8.04. The third-order valence-corrected chi connectivity index (χ3v) is 4.99. The van der Waals surface area contributed by atoms with Crippen LogP contribution in [0.25, 0.3) is 0 Å². The minimum atomic E-state index is 0.174. The van der Waals surface area contributed by atoms with Crippen LogP contribution in [0.4, 0.5) is 0 Å². The highest BCUT2D eigenvalue weighted by atomic mass is 16.1. The molecular formula is C16H30N2O. The van der Waals surface area contributed by atoms with Crippen molar-refractivity contribution in [1.82, 2.24) is 5.32 Å². The molecule has 2 aliphatic rings. The van der Waals surface area contributed by atoms with Gasteiger partial charge in [0, 0.05) is 18.5 Å². The van der Waals surface area contributed by atoms with Gasteiger partial charge in [-0.25, -0.2) is 0 Å². The van der Waals surface area contributed by atoms with Crippen molar-refractivity contribution in [1.29, 1.82) is 0 Å². The Labute approximate surface area is 117 Å². The number of carbonyl (C=O) groups is 1. The highest BCUT2D eigenvalue weighted by Crippen LogP contribution is 2.42. The molecule has 3 heteroatoms. The van der Waals surface area contributed by atoms with Crippen molar-refractivity contribution in [3.05, 3.63) is 0 Å². The number of nitrogens with two attached hydrogens (primary N) is 1. The molecule has 2 rings (SSSR count). The normalized spacial score (nSPS) is 29.9. The smallest absolute Gasteiger partial charge is 0.223 e. The van der Waals surface area contributed by atoms with E-state index < -0.39 is 0 Å². The Morgan fingerprint density at radius 1 is 1.32 bits per heavy atom. The molecule has 0 saturated heterocycles. The first-order valence-corrected chi connectivity index (χ1v) is 8.04. The number of amides is 1. The molecule has 3 N–H and O–H groups in total. The van der Waals surface area contributed by atoms with Gasteiger partial charge in [-0.3, -0.25) is 4.79 Å². The number of carbonyl (C=O) groups excluding carboxylic acids is 1. The van der Waals surface area contributed by atoms with E-state index in [-0.39, 0.29) is 17.9 Å². The van der Waals surface area contributed by atoms with E-state index in [1.165, 1.54) is 32.1 Å². The van der Waals surface area contributed by atoms with Gasteiger partial charge in [-0.05, 0) is 49.9 Å². The quantitative estimate of drug-likeness (QED) is 0.804. The molecule has 0 aromatic heterocycles. The monoisotopic (exact) mass is 266 g/mol. The molecule has 2 atom stereocenters. The fourth-order valence-corrected chi connectivity index (χ4v) is 4.12. The van der Waals surface area contributed by atoms with Crippen LogP contribution in [-0.4, -0.2) is 18.5 Å². The summed E-state index contributed by atoms with van der Waals surface area (Å²) in [5.74, 6) is 1.14. The highest BCUT2D eigenvalue weighted by Gasteiger charge is 2.36. The molecule has 0 aromatic carbocycles. The standard InChI is InChI=1S/C16H30N2O/c1-12(2)10-16(7-3-4-8-16)11-18-15(19)13-5-6-14(17)9-13/h12-14H,3-11,17H2,1-2H3,(H,18,19). The van der Waals surface area contributed by atoms with Gasteiger partial charge in [0.1, 0.15) is 0 Å². The molecule has 3 nitrogen and oxygen atoms in total. The van der Waals surface area contributed by atoms with Crippen molar-refractivity contribution in [2.24, 2.45) is 23.0 Å². The Balaban J connectivity index is 1.83. The lowest BCUT2D eigenvalue weighted by Crippen LogP contribution is -2.39. The van der Waals surface area contributed by atoms with Crippen LogP contribution in [-0.2, 0) is 4.79 Å². The van der Waals surface area contributed by atoms with Gasteiger partial charge in [0.15, 0.2) is 0 Å². The van der Waals surface area contributed by atoms with E-state index in [0.717, 1.165) is 31.7 Å². The van der Waals surface area contributed by atoms with Crippen LogP contribution in [0.15, 0.2) is 0 Å². The molecule has 0 aromatic rings. The lowest BCUT2D eigenvalue weighted by Gasteiger charge is -2.31. The average Bonchev–Trinajstić information content (AvgIpc) is 2.95. The Morgan fingerprint density at radius 3 is 2.53 bits per heavy atom. The predicted molar refractivity (Wildman–Crippen MR) is 78.7 cm³/mol. The lowest BCUT2D eigenvalue weighted by atomic mass is 9.78. The van der Waals surface area contributed by atoms with E-state index in [2.05, 4.69) is 19.2 Å². The number of hydrogen-bond acceptors (Lipinski definition) is 2. The van der Waals surface area contributed by atoms with Crippen molar-refractivity contribution in [2.75, 3.05) is 6.54 Å². The van der Waals surface area contributed by atoms with Crippen LogP contribution >= 0.6 is 0 Å². The molecule has 2 aliphatic carbocycles. The van der Waals surface area contributed by atoms with E-state index in [4.69, 9.17) is 5.73 Å². The second-order valence-corrected chi connectivity index (χ2v) is 7.29. The zero-order chi connectivity index (χ0) is 13.9. The van der Waals surface area contributed by atoms with Gasteiger partial charge in [-0.1, -0.05) is 26.7 Å². The molecule has 110 valence electrons. The molecular weight excluding hydrogens is 236 g/mol. The van der Waals surface area contributed by atoms with E-state index in [1.807, 2.05) is 0 Å². The van der Waals surface area contributed by atoms with Crippen LogP contribution in [0.3, 0.4) is 0 Å². The van der Waals surface area contributed by atoms with Crippen molar-refractivity contribution >= 4 is 5.91 Å². The fourth-order valence-electron chi connectivity index (χ4n) is 4.12.